The average Bonchev–Trinajstić information content (AvgIpc) is 3.05. The predicted octanol–water partition coefficient (Wildman–Crippen LogP) is 2.51. The van der Waals surface area contributed by atoms with Crippen molar-refractivity contribution in [1.29, 1.82) is 0 Å². The second kappa shape index (κ2) is 9.21. The lowest BCUT2D eigenvalue weighted by Crippen LogP contribution is -2.48. The van der Waals surface area contributed by atoms with Crippen LogP contribution in [0.15, 0.2) is 10.4 Å². The molecule has 2 heterocycles. The van der Waals surface area contributed by atoms with Crippen molar-refractivity contribution >= 4 is 23.4 Å². The first-order chi connectivity index (χ1) is 12.3. The molecule has 0 unspecified atom stereocenters. The van der Waals surface area contributed by atoms with E-state index in [9.17, 15) is 4.79 Å². The number of aromatic nitrogens is 1. The summed E-state index contributed by atoms with van der Waals surface area (Å²) in [6.07, 6.45) is 2.24. The number of nitrogens with zero attached hydrogens (tertiary/aromatic N) is 3. The van der Waals surface area contributed by atoms with Gasteiger partial charge in [-0.3, -0.25) is 4.99 Å². The Kier molecular flexibility index (Phi) is 7.25. The number of rotatable bonds is 5. The zero-order valence-corrected chi connectivity index (χ0v) is 17.1. The first-order valence-electron chi connectivity index (χ1n) is 9.22. The standard InChI is InChI=1S/C18H31N5O2S/c1-5-25-17(24)23-10-7-13(8-11-23)22-16(19)20-9-6-14-12-26-15(21-14)18(2,3)4/h12-13H,5-11H2,1-4H3,(H3,19,20,22). The third-order valence-corrected chi connectivity index (χ3v) is 5.53. The van der Waals surface area contributed by atoms with E-state index in [0.29, 0.717) is 32.2 Å². The van der Waals surface area contributed by atoms with E-state index < -0.39 is 0 Å². The van der Waals surface area contributed by atoms with Gasteiger partial charge in [-0.05, 0) is 19.8 Å². The number of carbonyl (C=O) groups is 1. The highest BCUT2D eigenvalue weighted by molar-refractivity contribution is 7.09. The molecule has 1 fully saturated rings. The molecule has 1 amide bonds. The van der Waals surface area contributed by atoms with E-state index in [-0.39, 0.29) is 17.6 Å². The molecule has 1 saturated heterocycles. The summed E-state index contributed by atoms with van der Waals surface area (Å²) in [6, 6.07) is 0.246. The molecule has 7 nitrogen and oxygen atoms in total. The van der Waals surface area contributed by atoms with Crippen LogP contribution in [-0.4, -0.2) is 54.2 Å². The van der Waals surface area contributed by atoms with E-state index in [1.54, 1.807) is 16.2 Å². The number of guanidine groups is 1. The SMILES string of the molecule is CCOC(=O)N1CCC(NC(N)=NCCc2csc(C(C)(C)C)n2)CC1. The van der Waals surface area contributed by atoms with Crippen LogP contribution < -0.4 is 11.1 Å². The lowest BCUT2D eigenvalue weighted by atomic mass is 9.98. The summed E-state index contributed by atoms with van der Waals surface area (Å²) >= 11 is 1.70. The maximum Gasteiger partial charge on any atom is 0.409 e. The van der Waals surface area contributed by atoms with Gasteiger partial charge in [-0.25, -0.2) is 9.78 Å². The number of hydrogen-bond donors (Lipinski definition) is 2. The smallest absolute Gasteiger partial charge is 0.409 e. The van der Waals surface area contributed by atoms with E-state index in [2.05, 4.69) is 41.4 Å². The molecule has 8 heteroatoms. The summed E-state index contributed by atoms with van der Waals surface area (Å²) in [5.41, 5.74) is 7.16. The zero-order chi connectivity index (χ0) is 19.2. The minimum absolute atomic E-state index is 0.0885. The van der Waals surface area contributed by atoms with E-state index in [1.807, 2.05) is 6.92 Å². The molecule has 0 saturated carbocycles. The van der Waals surface area contributed by atoms with Crippen LogP contribution in [-0.2, 0) is 16.6 Å². The number of hydrogen-bond acceptors (Lipinski definition) is 5. The van der Waals surface area contributed by atoms with Crippen LogP contribution in [0.3, 0.4) is 0 Å². The Hall–Kier alpha value is -1.83. The van der Waals surface area contributed by atoms with Crippen LogP contribution in [0.1, 0.15) is 51.2 Å². The Morgan fingerprint density at radius 1 is 1.46 bits per heavy atom. The number of aliphatic imine (C=N–C) groups is 1. The van der Waals surface area contributed by atoms with Gasteiger partial charge in [0.15, 0.2) is 5.96 Å². The summed E-state index contributed by atoms with van der Waals surface area (Å²) in [5, 5.41) is 6.51. The summed E-state index contributed by atoms with van der Waals surface area (Å²) in [5.74, 6) is 0.464. The molecule has 0 aliphatic carbocycles. The van der Waals surface area contributed by atoms with E-state index in [0.717, 1.165) is 30.0 Å². The number of carbonyl (C=O) groups excluding carboxylic acids is 1. The second-order valence-electron chi connectivity index (χ2n) is 7.52. The van der Waals surface area contributed by atoms with Crippen molar-refractivity contribution in [3.63, 3.8) is 0 Å². The van der Waals surface area contributed by atoms with Gasteiger partial charge in [0.25, 0.3) is 0 Å². The van der Waals surface area contributed by atoms with Gasteiger partial charge in [0.05, 0.1) is 17.3 Å². The monoisotopic (exact) mass is 381 g/mol. The number of nitrogens with one attached hydrogen (secondary N) is 1. The molecule has 3 N–H and O–H groups in total. The Labute approximate surface area is 160 Å². The number of likely N-dealkylation sites (tertiary alicyclic amines) is 1. The molecular formula is C18H31N5O2S. The third-order valence-electron chi connectivity index (χ3n) is 4.22. The van der Waals surface area contributed by atoms with Gasteiger partial charge in [0.1, 0.15) is 0 Å². The molecule has 1 aromatic heterocycles. The molecule has 26 heavy (non-hydrogen) atoms. The summed E-state index contributed by atoms with van der Waals surface area (Å²) < 4.78 is 5.03. The fourth-order valence-corrected chi connectivity index (χ4v) is 3.67. The van der Waals surface area contributed by atoms with E-state index >= 15 is 0 Å². The summed E-state index contributed by atoms with van der Waals surface area (Å²) in [4.78, 5) is 22.5. The second-order valence-corrected chi connectivity index (χ2v) is 8.37. The van der Waals surface area contributed by atoms with Crippen molar-refractivity contribution in [3.05, 3.63) is 16.1 Å². The topological polar surface area (TPSA) is 92.8 Å². The zero-order valence-electron chi connectivity index (χ0n) is 16.2. The van der Waals surface area contributed by atoms with Crippen LogP contribution in [0.2, 0.25) is 0 Å². The first-order valence-corrected chi connectivity index (χ1v) is 10.1. The Morgan fingerprint density at radius 3 is 2.73 bits per heavy atom. The molecule has 1 aliphatic heterocycles. The van der Waals surface area contributed by atoms with Gasteiger partial charge >= 0.3 is 6.09 Å². The molecule has 146 valence electrons. The molecule has 1 aromatic rings. The quantitative estimate of drug-likeness (QED) is 0.604. The highest BCUT2D eigenvalue weighted by Crippen LogP contribution is 2.25. The minimum atomic E-state index is -0.231. The average molecular weight is 382 g/mol. The molecular weight excluding hydrogens is 350 g/mol. The van der Waals surface area contributed by atoms with Crippen LogP contribution in [0.25, 0.3) is 0 Å². The van der Waals surface area contributed by atoms with Crippen LogP contribution in [0.4, 0.5) is 4.79 Å². The van der Waals surface area contributed by atoms with Gasteiger partial charge < -0.3 is 20.7 Å². The van der Waals surface area contributed by atoms with Gasteiger partial charge in [-0.15, -0.1) is 11.3 Å². The minimum Gasteiger partial charge on any atom is -0.450 e. The van der Waals surface area contributed by atoms with Gasteiger partial charge in [0, 0.05) is 42.9 Å². The molecule has 0 bridgehead atoms. The fraction of sp³-hybridized carbons (Fsp3) is 0.722. The van der Waals surface area contributed by atoms with Crippen LogP contribution in [0, 0.1) is 0 Å². The largest absolute Gasteiger partial charge is 0.450 e. The maximum atomic E-state index is 11.7. The predicted molar refractivity (Wildman–Crippen MR) is 106 cm³/mol. The molecule has 2 rings (SSSR count). The normalized spacial score (nSPS) is 16.6. The van der Waals surface area contributed by atoms with E-state index in [1.165, 1.54) is 0 Å². The van der Waals surface area contributed by atoms with Gasteiger partial charge in [-0.2, -0.15) is 0 Å². The number of thiazole rings is 1. The number of nitrogens with two attached hydrogens (primary N) is 1. The molecule has 0 aromatic carbocycles. The van der Waals surface area contributed by atoms with Gasteiger partial charge in [0.2, 0.25) is 0 Å². The first kappa shape index (κ1) is 20.5. The van der Waals surface area contributed by atoms with Crippen molar-refractivity contribution in [3.8, 4) is 0 Å². The Morgan fingerprint density at radius 2 is 2.15 bits per heavy atom. The Balaban J connectivity index is 1.72. The molecule has 0 radical (unpaired) electrons. The summed E-state index contributed by atoms with van der Waals surface area (Å²) in [6.45, 7) is 10.7. The van der Waals surface area contributed by atoms with Crippen molar-refractivity contribution in [2.24, 2.45) is 10.7 Å². The summed E-state index contributed by atoms with van der Waals surface area (Å²) in [7, 11) is 0. The maximum absolute atomic E-state index is 11.7. The lowest BCUT2D eigenvalue weighted by molar-refractivity contribution is 0.0963. The molecule has 0 atom stereocenters. The van der Waals surface area contributed by atoms with Crippen LogP contribution in [0.5, 0.6) is 0 Å². The number of amides is 1. The molecule has 0 spiro atoms. The molecule has 1 aliphatic rings. The van der Waals surface area contributed by atoms with Crippen molar-refractivity contribution in [2.45, 2.75) is 58.4 Å². The Bertz CT molecular complexity index is 615. The fourth-order valence-electron chi connectivity index (χ4n) is 2.73. The highest BCUT2D eigenvalue weighted by Gasteiger charge is 2.23. The van der Waals surface area contributed by atoms with Crippen molar-refractivity contribution < 1.29 is 9.53 Å². The van der Waals surface area contributed by atoms with E-state index in [4.69, 9.17) is 10.5 Å². The number of ether oxygens (including phenoxy) is 1. The van der Waals surface area contributed by atoms with Crippen LogP contribution >= 0.6 is 11.3 Å². The lowest BCUT2D eigenvalue weighted by Gasteiger charge is -2.31. The highest BCUT2D eigenvalue weighted by atomic mass is 32.1. The van der Waals surface area contributed by atoms with Crippen molar-refractivity contribution in [1.82, 2.24) is 15.2 Å². The van der Waals surface area contributed by atoms with Crippen molar-refractivity contribution in [2.75, 3.05) is 26.2 Å². The van der Waals surface area contributed by atoms with Gasteiger partial charge in [-0.1, -0.05) is 20.8 Å². The third kappa shape index (κ3) is 6.16. The number of piperidine rings is 1.